The van der Waals surface area contributed by atoms with Crippen LogP contribution in [0.4, 0.5) is 5.69 Å². The van der Waals surface area contributed by atoms with Gasteiger partial charge in [-0.1, -0.05) is 18.2 Å². The van der Waals surface area contributed by atoms with Crippen molar-refractivity contribution < 1.29 is 18.7 Å². The molecule has 0 aliphatic rings. The summed E-state index contributed by atoms with van der Waals surface area (Å²) in [5.74, 6) is -1.36. The molecule has 0 aliphatic carbocycles. The largest absolute Gasteiger partial charge is 0.497 e. The summed E-state index contributed by atoms with van der Waals surface area (Å²) < 4.78 is 10.4. The highest BCUT2D eigenvalue weighted by Crippen LogP contribution is 2.16. The molecule has 27 heavy (non-hydrogen) atoms. The van der Waals surface area contributed by atoms with E-state index in [0.717, 1.165) is 6.21 Å². The van der Waals surface area contributed by atoms with Gasteiger partial charge in [-0.15, -0.1) is 0 Å². The first-order chi connectivity index (χ1) is 13.1. The number of carbonyl (C=O) groups excluding carboxylic acids is 2. The monoisotopic (exact) mass is 365 g/mol. The van der Waals surface area contributed by atoms with Gasteiger partial charge in [0.25, 0.3) is 0 Å². The lowest BCUT2D eigenvalue weighted by Gasteiger charge is -2.05. The van der Waals surface area contributed by atoms with Crippen molar-refractivity contribution in [2.45, 2.75) is 0 Å². The van der Waals surface area contributed by atoms with Gasteiger partial charge >= 0.3 is 11.8 Å². The lowest BCUT2D eigenvalue weighted by molar-refractivity contribution is -0.136. The molecule has 1 heterocycles. The number of fused-ring (bicyclic) bond motifs is 1. The van der Waals surface area contributed by atoms with Crippen LogP contribution >= 0.6 is 0 Å². The van der Waals surface area contributed by atoms with Crippen LogP contribution in [-0.2, 0) is 9.59 Å². The Balaban J connectivity index is 1.65. The number of hydrogen-bond donors (Lipinski definition) is 2. The molecule has 0 saturated carbocycles. The summed E-state index contributed by atoms with van der Waals surface area (Å²) in [6.45, 7) is 0. The highest BCUT2D eigenvalue weighted by molar-refractivity contribution is 6.39. The van der Waals surface area contributed by atoms with Gasteiger partial charge in [0.05, 0.1) is 24.3 Å². The van der Waals surface area contributed by atoms with Crippen LogP contribution in [0.25, 0.3) is 11.0 Å². The molecule has 1 aromatic heterocycles. The fourth-order valence-electron chi connectivity index (χ4n) is 2.28. The third-order valence-electron chi connectivity index (χ3n) is 3.61. The molecule has 0 radical (unpaired) electrons. The van der Waals surface area contributed by atoms with Gasteiger partial charge in [0, 0.05) is 11.8 Å². The Labute approximate surface area is 153 Å². The second kappa shape index (κ2) is 7.96. The van der Waals surface area contributed by atoms with Gasteiger partial charge in [-0.05, 0) is 24.3 Å². The third-order valence-corrected chi connectivity index (χ3v) is 3.61. The summed E-state index contributed by atoms with van der Waals surface area (Å²) >= 11 is 0. The molecule has 136 valence electrons. The normalized spacial score (nSPS) is 10.7. The number of amides is 2. The summed E-state index contributed by atoms with van der Waals surface area (Å²) in [7, 11) is 1.49. The maximum atomic E-state index is 12.3. The van der Waals surface area contributed by atoms with E-state index in [4.69, 9.17) is 9.15 Å². The molecule has 0 saturated heterocycles. The Bertz CT molecular complexity index is 1090. The zero-order valence-electron chi connectivity index (χ0n) is 14.3. The van der Waals surface area contributed by atoms with E-state index in [9.17, 15) is 14.4 Å². The topological polar surface area (TPSA) is 110 Å². The molecule has 0 fully saturated rings. The van der Waals surface area contributed by atoms with E-state index in [1.807, 2.05) is 0 Å². The molecule has 8 nitrogen and oxygen atoms in total. The van der Waals surface area contributed by atoms with Crippen LogP contribution in [0, 0.1) is 0 Å². The number of hydrogen-bond acceptors (Lipinski definition) is 6. The minimum Gasteiger partial charge on any atom is -0.497 e. The van der Waals surface area contributed by atoms with E-state index in [0.29, 0.717) is 22.4 Å². The molecule has 2 aromatic carbocycles. The number of nitrogens with one attached hydrogen (secondary N) is 2. The summed E-state index contributed by atoms with van der Waals surface area (Å²) in [5.41, 5.74) is 2.75. The maximum absolute atomic E-state index is 12.3. The van der Waals surface area contributed by atoms with E-state index in [2.05, 4.69) is 15.8 Å². The van der Waals surface area contributed by atoms with Gasteiger partial charge in [0.1, 0.15) is 17.6 Å². The smallest absolute Gasteiger partial charge is 0.329 e. The van der Waals surface area contributed by atoms with Crippen LogP contribution < -0.4 is 20.9 Å². The number of carbonyl (C=O) groups is 2. The average Bonchev–Trinajstić information content (AvgIpc) is 2.70. The Morgan fingerprint density at radius 3 is 2.74 bits per heavy atom. The molecule has 3 aromatic rings. The van der Waals surface area contributed by atoms with E-state index in [1.54, 1.807) is 48.5 Å². The van der Waals surface area contributed by atoms with Gasteiger partial charge < -0.3 is 14.5 Å². The van der Waals surface area contributed by atoms with Crippen molar-refractivity contribution in [3.63, 3.8) is 0 Å². The molecule has 0 aliphatic heterocycles. The average molecular weight is 365 g/mol. The van der Waals surface area contributed by atoms with Crippen molar-refractivity contribution in [3.8, 4) is 5.75 Å². The first kappa shape index (κ1) is 17.9. The zero-order chi connectivity index (χ0) is 19.2. The molecular formula is C19H15N3O5. The number of methoxy groups -OCH3 is 1. The van der Waals surface area contributed by atoms with Crippen LogP contribution in [0.15, 0.2) is 69.1 Å². The quantitative estimate of drug-likeness (QED) is 0.417. The molecule has 0 unspecified atom stereocenters. The Hall–Kier alpha value is -3.94. The van der Waals surface area contributed by atoms with Crippen molar-refractivity contribution in [3.05, 3.63) is 70.6 Å². The van der Waals surface area contributed by atoms with Crippen molar-refractivity contribution >= 4 is 34.7 Å². The Morgan fingerprint density at radius 1 is 1.11 bits per heavy atom. The maximum Gasteiger partial charge on any atom is 0.329 e. The lowest BCUT2D eigenvalue weighted by Crippen LogP contribution is -2.32. The van der Waals surface area contributed by atoms with Gasteiger partial charge in [-0.25, -0.2) is 5.43 Å². The minimum absolute atomic E-state index is 0.141. The van der Waals surface area contributed by atoms with Gasteiger partial charge in [0.15, 0.2) is 0 Å². The predicted molar refractivity (Wildman–Crippen MR) is 99.8 cm³/mol. The second-order valence-corrected chi connectivity index (χ2v) is 5.40. The second-order valence-electron chi connectivity index (χ2n) is 5.40. The molecule has 3 rings (SSSR count). The minimum atomic E-state index is -0.987. The number of ether oxygens (including phenoxy) is 1. The van der Waals surface area contributed by atoms with Crippen LogP contribution in [-0.4, -0.2) is 25.1 Å². The summed E-state index contributed by atoms with van der Waals surface area (Å²) in [5, 5.41) is 6.44. The zero-order valence-corrected chi connectivity index (χ0v) is 14.3. The van der Waals surface area contributed by atoms with Crippen molar-refractivity contribution in [2.75, 3.05) is 12.4 Å². The number of nitrogens with zero attached hydrogens (tertiary/aromatic N) is 1. The number of rotatable bonds is 4. The molecule has 2 amide bonds. The highest BCUT2D eigenvalue weighted by atomic mass is 16.5. The summed E-state index contributed by atoms with van der Waals surface area (Å²) in [6.07, 6.45) is 2.35. The van der Waals surface area contributed by atoms with Crippen LogP contribution in [0.1, 0.15) is 5.56 Å². The summed E-state index contributed by atoms with van der Waals surface area (Å²) in [4.78, 5) is 36.0. The molecule has 0 bridgehead atoms. The number of hydrazone groups is 1. The van der Waals surface area contributed by atoms with E-state index in [-0.39, 0.29) is 11.0 Å². The van der Waals surface area contributed by atoms with Crippen LogP contribution in [0.5, 0.6) is 5.75 Å². The lowest BCUT2D eigenvalue weighted by atomic mass is 10.2. The number of anilines is 1. The molecule has 2 N–H and O–H groups in total. The third kappa shape index (κ3) is 4.18. The molecule has 0 spiro atoms. The van der Waals surface area contributed by atoms with E-state index in [1.165, 1.54) is 13.4 Å². The van der Waals surface area contributed by atoms with Crippen LogP contribution in [0.3, 0.4) is 0 Å². The highest BCUT2D eigenvalue weighted by Gasteiger charge is 2.13. The van der Waals surface area contributed by atoms with Crippen LogP contribution in [0.2, 0.25) is 0 Å². The SMILES string of the molecule is COc1cccc(NC(=O)C(=O)N/N=C\c2coc3ccccc3c2=O)c1. The van der Waals surface area contributed by atoms with Crippen molar-refractivity contribution in [2.24, 2.45) is 5.10 Å². The Kier molecular flexibility index (Phi) is 5.27. The standard InChI is InChI=1S/C19H15N3O5/c1-26-14-6-4-5-13(9-14)21-18(24)19(25)22-20-10-12-11-27-16-8-3-2-7-15(16)17(12)23/h2-11H,1H3,(H,21,24)(H,22,25)/b20-10-. The van der Waals surface area contributed by atoms with Gasteiger partial charge in [0.2, 0.25) is 5.43 Å². The number of para-hydroxylation sites is 1. The van der Waals surface area contributed by atoms with Crippen molar-refractivity contribution in [1.29, 1.82) is 0 Å². The molecule has 8 heteroatoms. The first-order valence-electron chi connectivity index (χ1n) is 7.87. The predicted octanol–water partition coefficient (Wildman–Crippen LogP) is 1.89. The van der Waals surface area contributed by atoms with E-state index >= 15 is 0 Å². The molecular weight excluding hydrogens is 350 g/mol. The molecule has 0 atom stereocenters. The fraction of sp³-hybridized carbons (Fsp3) is 0.0526. The van der Waals surface area contributed by atoms with E-state index < -0.39 is 11.8 Å². The van der Waals surface area contributed by atoms with Gasteiger partial charge in [-0.3, -0.25) is 14.4 Å². The van der Waals surface area contributed by atoms with Gasteiger partial charge in [-0.2, -0.15) is 5.10 Å². The first-order valence-corrected chi connectivity index (χ1v) is 7.87. The Morgan fingerprint density at radius 2 is 1.93 bits per heavy atom. The summed E-state index contributed by atoms with van der Waals surface area (Å²) in [6, 6.07) is 13.3. The fourth-order valence-corrected chi connectivity index (χ4v) is 2.28. The number of benzene rings is 2. The van der Waals surface area contributed by atoms with Crippen molar-refractivity contribution in [1.82, 2.24) is 5.43 Å².